The van der Waals surface area contributed by atoms with Crippen LogP contribution in [0.5, 0.6) is 5.75 Å². The molecule has 26 heavy (non-hydrogen) atoms. The number of nitrogens with zero attached hydrogens (tertiary/aromatic N) is 2. The highest BCUT2D eigenvalue weighted by atomic mass is 35.5. The first kappa shape index (κ1) is 17.6. The highest BCUT2D eigenvalue weighted by molar-refractivity contribution is 6.29. The molecular weight excluding hydrogens is 350 g/mol. The molecule has 1 aromatic heterocycles. The third-order valence-electron chi connectivity index (χ3n) is 4.84. The maximum Gasteiger partial charge on any atom is 0.135 e. The van der Waals surface area contributed by atoms with Gasteiger partial charge in [0.2, 0.25) is 0 Å². The van der Waals surface area contributed by atoms with E-state index in [1.165, 1.54) is 5.56 Å². The lowest BCUT2D eigenvalue weighted by atomic mass is 10.1. The van der Waals surface area contributed by atoms with Crippen molar-refractivity contribution in [3.63, 3.8) is 0 Å². The average Bonchev–Trinajstić information content (AvgIpc) is 3.35. The van der Waals surface area contributed by atoms with E-state index >= 15 is 0 Å². The number of hydrogen-bond donors (Lipinski definition) is 1. The molecule has 1 unspecified atom stereocenters. The molecule has 1 aliphatic carbocycles. The van der Waals surface area contributed by atoms with Gasteiger partial charge in [0, 0.05) is 36.6 Å². The van der Waals surface area contributed by atoms with Crippen LogP contribution in [0.2, 0.25) is 5.15 Å². The summed E-state index contributed by atoms with van der Waals surface area (Å²) in [6.45, 7) is 5.04. The average molecular weight is 374 g/mol. The summed E-state index contributed by atoms with van der Waals surface area (Å²) in [6.07, 6.45) is 3.38. The first-order chi connectivity index (χ1) is 12.7. The number of aromatic nitrogens is 2. The number of halogens is 1. The van der Waals surface area contributed by atoms with Crippen molar-refractivity contribution in [2.24, 2.45) is 5.92 Å². The largest absolute Gasteiger partial charge is 0.493 e. The molecular formula is C20H24ClN3O2. The predicted molar refractivity (Wildman–Crippen MR) is 102 cm³/mol. The van der Waals surface area contributed by atoms with Crippen molar-refractivity contribution >= 4 is 17.4 Å². The zero-order valence-electron chi connectivity index (χ0n) is 15.0. The van der Waals surface area contributed by atoms with Gasteiger partial charge in [-0.15, -0.1) is 0 Å². The molecule has 5 nitrogen and oxygen atoms in total. The van der Waals surface area contributed by atoms with Crippen LogP contribution < -0.4 is 10.1 Å². The first-order valence-corrected chi connectivity index (χ1v) is 9.63. The van der Waals surface area contributed by atoms with E-state index in [0.29, 0.717) is 30.1 Å². The van der Waals surface area contributed by atoms with Crippen LogP contribution in [0.1, 0.15) is 42.1 Å². The van der Waals surface area contributed by atoms with Crippen molar-refractivity contribution in [1.82, 2.24) is 9.97 Å². The van der Waals surface area contributed by atoms with Gasteiger partial charge in [-0.3, -0.25) is 0 Å². The Balaban J connectivity index is 1.43. The second-order valence-corrected chi connectivity index (χ2v) is 7.60. The molecule has 2 aromatic rings. The minimum Gasteiger partial charge on any atom is -0.493 e. The van der Waals surface area contributed by atoms with E-state index in [2.05, 4.69) is 40.4 Å². The zero-order valence-corrected chi connectivity index (χ0v) is 15.8. The normalized spacial score (nSPS) is 19.5. The Morgan fingerprint density at radius 3 is 2.88 bits per heavy atom. The smallest absolute Gasteiger partial charge is 0.135 e. The van der Waals surface area contributed by atoms with Gasteiger partial charge in [-0.05, 0) is 37.8 Å². The molecule has 1 atom stereocenters. The van der Waals surface area contributed by atoms with Gasteiger partial charge in [0.1, 0.15) is 22.5 Å². The van der Waals surface area contributed by atoms with Crippen LogP contribution in [0.15, 0.2) is 24.3 Å². The number of nitrogens with one attached hydrogen (secondary N) is 1. The number of ether oxygens (including phenoxy) is 2. The van der Waals surface area contributed by atoms with Crippen molar-refractivity contribution < 1.29 is 9.47 Å². The van der Waals surface area contributed by atoms with Gasteiger partial charge in [0.05, 0.1) is 13.2 Å². The van der Waals surface area contributed by atoms with Crippen molar-refractivity contribution in [2.75, 3.05) is 25.1 Å². The van der Waals surface area contributed by atoms with Gasteiger partial charge in [0.15, 0.2) is 0 Å². The monoisotopic (exact) mass is 373 g/mol. The molecule has 2 fully saturated rings. The molecule has 1 aliphatic heterocycles. The number of hydrogen-bond acceptors (Lipinski definition) is 5. The van der Waals surface area contributed by atoms with Crippen LogP contribution in [0.3, 0.4) is 0 Å². The van der Waals surface area contributed by atoms with Crippen LogP contribution in [0.25, 0.3) is 0 Å². The Labute approximate surface area is 159 Å². The molecule has 1 N–H and O–H groups in total. The van der Waals surface area contributed by atoms with E-state index in [9.17, 15) is 0 Å². The standard InChI is InChI=1S/C20H24ClN3O2/c1-13-2-3-16(17(8-13)26-12-14-6-7-25-11-14)10-22-19-9-18(21)23-20(24-19)15-4-5-15/h2-3,8-9,14-15H,4-7,10-12H2,1H3,(H,22,23,24). The van der Waals surface area contributed by atoms with Crippen LogP contribution in [0.4, 0.5) is 5.82 Å². The highest BCUT2D eigenvalue weighted by Gasteiger charge is 2.27. The molecule has 0 amide bonds. The van der Waals surface area contributed by atoms with Crippen molar-refractivity contribution in [1.29, 1.82) is 0 Å². The fourth-order valence-corrected chi connectivity index (χ4v) is 3.29. The topological polar surface area (TPSA) is 56.3 Å². The highest BCUT2D eigenvalue weighted by Crippen LogP contribution is 2.38. The zero-order chi connectivity index (χ0) is 17.9. The Morgan fingerprint density at radius 2 is 2.12 bits per heavy atom. The molecule has 0 bridgehead atoms. The fraction of sp³-hybridized carbons (Fsp3) is 0.500. The SMILES string of the molecule is Cc1ccc(CNc2cc(Cl)nc(C3CC3)n2)c(OCC2CCOC2)c1. The summed E-state index contributed by atoms with van der Waals surface area (Å²) >= 11 is 6.15. The predicted octanol–water partition coefficient (Wildman–Crippen LogP) is 4.34. The van der Waals surface area contributed by atoms with Gasteiger partial charge < -0.3 is 14.8 Å². The third-order valence-corrected chi connectivity index (χ3v) is 5.03. The van der Waals surface area contributed by atoms with Crippen LogP contribution in [-0.2, 0) is 11.3 Å². The lowest BCUT2D eigenvalue weighted by Gasteiger charge is -2.16. The maximum absolute atomic E-state index is 6.15. The molecule has 138 valence electrons. The molecule has 2 aliphatic rings. The summed E-state index contributed by atoms with van der Waals surface area (Å²) in [4.78, 5) is 8.93. The molecule has 4 rings (SSSR count). The van der Waals surface area contributed by atoms with Gasteiger partial charge in [0.25, 0.3) is 0 Å². The summed E-state index contributed by atoms with van der Waals surface area (Å²) in [5.74, 6) is 3.50. The minimum atomic E-state index is 0.473. The Bertz CT molecular complexity index is 774. The molecule has 2 heterocycles. The van der Waals surface area contributed by atoms with E-state index in [1.54, 1.807) is 6.07 Å². The van der Waals surface area contributed by atoms with Gasteiger partial charge in [-0.25, -0.2) is 9.97 Å². The van der Waals surface area contributed by atoms with E-state index < -0.39 is 0 Å². The Hall–Kier alpha value is -1.85. The quantitative estimate of drug-likeness (QED) is 0.731. The summed E-state index contributed by atoms with van der Waals surface area (Å²) in [7, 11) is 0. The number of benzene rings is 1. The minimum absolute atomic E-state index is 0.473. The van der Waals surface area contributed by atoms with Gasteiger partial charge >= 0.3 is 0 Å². The summed E-state index contributed by atoms with van der Waals surface area (Å²) in [5, 5.41) is 3.86. The van der Waals surface area contributed by atoms with E-state index in [1.807, 2.05) is 0 Å². The molecule has 0 radical (unpaired) electrons. The van der Waals surface area contributed by atoms with Crippen molar-refractivity contribution in [3.8, 4) is 5.75 Å². The summed E-state index contributed by atoms with van der Waals surface area (Å²) < 4.78 is 11.5. The molecule has 6 heteroatoms. The Morgan fingerprint density at radius 1 is 1.23 bits per heavy atom. The van der Waals surface area contributed by atoms with Gasteiger partial charge in [-0.2, -0.15) is 0 Å². The lowest BCUT2D eigenvalue weighted by molar-refractivity contribution is 0.167. The summed E-state index contributed by atoms with van der Waals surface area (Å²) in [6, 6.07) is 8.08. The van der Waals surface area contributed by atoms with Crippen molar-refractivity contribution in [3.05, 3.63) is 46.4 Å². The van der Waals surface area contributed by atoms with Crippen LogP contribution in [-0.4, -0.2) is 29.8 Å². The summed E-state index contributed by atoms with van der Waals surface area (Å²) in [5.41, 5.74) is 2.30. The van der Waals surface area contributed by atoms with Crippen LogP contribution in [0, 0.1) is 12.8 Å². The van der Waals surface area contributed by atoms with Gasteiger partial charge in [-0.1, -0.05) is 23.7 Å². The third kappa shape index (κ3) is 4.46. The molecule has 1 saturated heterocycles. The molecule has 0 spiro atoms. The van der Waals surface area contributed by atoms with Crippen LogP contribution >= 0.6 is 11.6 Å². The van der Waals surface area contributed by atoms with E-state index in [0.717, 1.165) is 55.4 Å². The lowest BCUT2D eigenvalue weighted by Crippen LogP contribution is -2.13. The molecule has 1 aromatic carbocycles. The first-order valence-electron chi connectivity index (χ1n) is 9.26. The number of anilines is 1. The molecule has 1 saturated carbocycles. The van der Waals surface area contributed by atoms with Crippen molar-refractivity contribution in [2.45, 2.75) is 38.6 Å². The fourth-order valence-electron chi connectivity index (χ4n) is 3.10. The Kier molecular flexibility index (Phi) is 5.27. The second-order valence-electron chi connectivity index (χ2n) is 7.21. The number of rotatable bonds is 7. The second kappa shape index (κ2) is 7.80. The van der Waals surface area contributed by atoms with E-state index in [-0.39, 0.29) is 0 Å². The number of aryl methyl sites for hydroxylation is 1. The maximum atomic E-state index is 6.15. The van der Waals surface area contributed by atoms with E-state index in [4.69, 9.17) is 21.1 Å².